The summed E-state index contributed by atoms with van der Waals surface area (Å²) in [6.45, 7) is 0.828. The largest absolute Gasteiger partial charge is 0.372 e. The predicted octanol–water partition coefficient (Wildman–Crippen LogP) is 3.91. The number of nitrogens with one attached hydrogen (secondary N) is 1. The third-order valence-electron chi connectivity index (χ3n) is 3.82. The number of hydrogen-bond donors (Lipinski definition) is 1. The molecule has 0 radical (unpaired) electrons. The average molecular weight is 297 g/mol. The maximum Gasteiger partial charge on any atom is 0.155 e. The summed E-state index contributed by atoms with van der Waals surface area (Å²) < 4.78 is 8.29. The van der Waals surface area contributed by atoms with Gasteiger partial charge in [-0.05, 0) is 12.8 Å². The molecule has 0 bridgehead atoms. The Morgan fingerprint density at radius 2 is 2.10 bits per heavy atom. The molecule has 3 heterocycles. The van der Waals surface area contributed by atoms with Gasteiger partial charge in [0.25, 0.3) is 0 Å². The van der Waals surface area contributed by atoms with Crippen LogP contribution < -0.4 is 0 Å². The number of aromatic nitrogens is 3. The van der Waals surface area contributed by atoms with E-state index in [9.17, 15) is 0 Å². The van der Waals surface area contributed by atoms with Crippen LogP contribution in [0.2, 0.25) is 0 Å². The monoisotopic (exact) mass is 297 g/mol. The molecule has 1 aliphatic rings. The summed E-state index contributed by atoms with van der Waals surface area (Å²) in [6, 6.07) is 14.1. The predicted molar refractivity (Wildman–Crippen MR) is 83.7 cm³/mol. The Balaban J connectivity index is 1.84. The molecule has 1 N–H and O–H groups in total. The number of H-pyrrole nitrogens is 1. The second kappa shape index (κ2) is 5.09. The van der Waals surface area contributed by atoms with Crippen LogP contribution in [0.4, 0.5) is 0 Å². The number of ether oxygens (including phenoxy) is 1. The number of fused-ring (bicyclic) bond motifs is 1. The van der Waals surface area contributed by atoms with Crippen LogP contribution in [0.25, 0.3) is 16.9 Å². The van der Waals surface area contributed by atoms with Crippen molar-refractivity contribution in [3.05, 3.63) is 52.8 Å². The highest BCUT2D eigenvalue weighted by molar-refractivity contribution is 7.71. The van der Waals surface area contributed by atoms with Gasteiger partial charge in [0.1, 0.15) is 4.64 Å². The van der Waals surface area contributed by atoms with E-state index in [1.165, 1.54) is 0 Å². The molecule has 1 aromatic carbocycles. The average Bonchev–Trinajstić information content (AvgIpc) is 3.17. The van der Waals surface area contributed by atoms with Gasteiger partial charge in [0.2, 0.25) is 0 Å². The molecule has 0 spiro atoms. The van der Waals surface area contributed by atoms with Crippen molar-refractivity contribution in [3.8, 4) is 11.3 Å². The highest BCUT2D eigenvalue weighted by atomic mass is 32.1. The van der Waals surface area contributed by atoms with Gasteiger partial charge in [-0.25, -0.2) is 9.50 Å². The van der Waals surface area contributed by atoms with Crippen molar-refractivity contribution < 1.29 is 4.74 Å². The maximum atomic E-state index is 5.72. The number of benzene rings is 1. The highest BCUT2D eigenvalue weighted by Gasteiger charge is 2.20. The van der Waals surface area contributed by atoms with Crippen LogP contribution >= 0.6 is 12.2 Å². The molecule has 3 aromatic rings. The maximum absolute atomic E-state index is 5.72. The van der Waals surface area contributed by atoms with E-state index in [0.29, 0.717) is 0 Å². The summed E-state index contributed by atoms with van der Waals surface area (Å²) in [5, 5.41) is 3.31. The highest BCUT2D eigenvalue weighted by Crippen LogP contribution is 2.28. The minimum atomic E-state index is 0.140. The molecule has 0 saturated carbocycles. The zero-order chi connectivity index (χ0) is 14.2. The van der Waals surface area contributed by atoms with Crippen LogP contribution in [0.1, 0.15) is 24.6 Å². The van der Waals surface area contributed by atoms with Gasteiger partial charge in [0.15, 0.2) is 5.65 Å². The van der Waals surface area contributed by atoms with Crippen molar-refractivity contribution in [1.82, 2.24) is 14.6 Å². The first-order valence-corrected chi connectivity index (χ1v) is 7.52. The van der Waals surface area contributed by atoms with Gasteiger partial charge in [-0.2, -0.15) is 0 Å². The normalized spacial score (nSPS) is 18.4. The summed E-state index contributed by atoms with van der Waals surface area (Å²) in [6.07, 6.45) is 2.29. The number of hydrogen-bond acceptors (Lipinski definition) is 3. The SMILES string of the molecule is S=c1cc(-c2ccccc2)nc2cc(C3CCCO3)[nH]n12. The first-order valence-electron chi connectivity index (χ1n) is 7.11. The number of nitrogens with zero attached hydrogens (tertiary/aromatic N) is 2. The lowest BCUT2D eigenvalue weighted by atomic mass is 10.1. The topological polar surface area (TPSA) is 42.3 Å². The van der Waals surface area contributed by atoms with Crippen LogP contribution in [0.5, 0.6) is 0 Å². The molecule has 1 fully saturated rings. The van der Waals surface area contributed by atoms with Crippen LogP contribution in [-0.2, 0) is 4.74 Å². The molecule has 4 rings (SSSR count). The molecule has 4 nitrogen and oxygen atoms in total. The lowest BCUT2D eigenvalue weighted by Crippen LogP contribution is -1.98. The van der Waals surface area contributed by atoms with Gasteiger partial charge in [-0.15, -0.1) is 0 Å². The first kappa shape index (κ1) is 12.7. The Morgan fingerprint density at radius 3 is 2.86 bits per heavy atom. The van der Waals surface area contributed by atoms with Crippen molar-refractivity contribution in [2.24, 2.45) is 0 Å². The van der Waals surface area contributed by atoms with Gasteiger partial charge in [0, 0.05) is 24.3 Å². The van der Waals surface area contributed by atoms with E-state index < -0.39 is 0 Å². The van der Waals surface area contributed by atoms with E-state index in [-0.39, 0.29) is 6.10 Å². The molecule has 0 aliphatic carbocycles. The Kier molecular flexibility index (Phi) is 3.09. The summed E-state index contributed by atoms with van der Waals surface area (Å²) in [5.41, 5.74) is 3.87. The Bertz CT molecular complexity index is 832. The van der Waals surface area contributed by atoms with Crippen LogP contribution in [-0.4, -0.2) is 21.2 Å². The van der Waals surface area contributed by atoms with Gasteiger partial charge in [-0.3, -0.25) is 5.10 Å². The van der Waals surface area contributed by atoms with Crippen LogP contribution in [0.3, 0.4) is 0 Å². The Hall–Kier alpha value is -1.98. The molecule has 2 aromatic heterocycles. The second-order valence-corrected chi connectivity index (χ2v) is 5.67. The summed E-state index contributed by atoms with van der Waals surface area (Å²) >= 11 is 5.48. The summed E-state index contributed by atoms with van der Waals surface area (Å²) in [5.74, 6) is 0. The zero-order valence-electron chi connectivity index (χ0n) is 11.5. The fraction of sp³-hybridized carbons (Fsp3) is 0.250. The summed E-state index contributed by atoms with van der Waals surface area (Å²) in [7, 11) is 0. The van der Waals surface area contributed by atoms with Crippen molar-refractivity contribution in [2.45, 2.75) is 18.9 Å². The van der Waals surface area contributed by atoms with E-state index >= 15 is 0 Å². The number of aromatic amines is 1. The second-order valence-electron chi connectivity index (χ2n) is 5.25. The van der Waals surface area contributed by atoms with Gasteiger partial charge >= 0.3 is 0 Å². The zero-order valence-corrected chi connectivity index (χ0v) is 12.3. The smallest absolute Gasteiger partial charge is 0.155 e. The van der Waals surface area contributed by atoms with Crippen molar-refractivity contribution in [1.29, 1.82) is 0 Å². The van der Waals surface area contributed by atoms with Crippen molar-refractivity contribution >= 4 is 17.9 Å². The van der Waals surface area contributed by atoms with Gasteiger partial charge in [0.05, 0.1) is 17.5 Å². The summed E-state index contributed by atoms with van der Waals surface area (Å²) in [4.78, 5) is 4.71. The number of rotatable bonds is 2. The fourth-order valence-electron chi connectivity index (χ4n) is 2.75. The van der Waals surface area contributed by atoms with E-state index in [0.717, 1.165) is 46.7 Å². The lowest BCUT2D eigenvalue weighted by Gasteiger charge is -2.04. The minimum Gasteiger partial charge on any atom is -0.372 e. The molecule has 0 amide bonds. The lowest BCUT2D eigenvalue weighted by molar-refractivity contribution is 0.108. The first-order chi connectivity index (χ1) is 10.3. The van der Waals surface area contributed by atoms with Crippen molar-refractivity contribution in [2.75, 3.05) is 6.61 Å². The molecule has 1 saturated heterocycles. The molecular formula is C16H15N3OS. The van der Waals surface area contributed by atoms with Crippen LogP contribution in [0, 0.1) is 4.64 Å². The minimum absolute atomic E-state index is 0.140. The van der Waals surface area contributed by atoms with Gasteiger partial charge < -0.3 is 4.74 Å². The van der Waals surface area contributed by atoms with E-state index in [1.807, 2.05) is 47.0 Å². The molecule has 1 aliphatic heterocycles. The molecule has 1 atom stereocenters. The third-order valence-corrected chi connectivity index (χ3v) is 4.12. The Morgan fingerprint density at radius 1 is 1.24 bits per heavy atom. The molecule has 106 valence electrons. The van der Waals surface area contributed by atoms with Crippen LogP contribution in [0.15, 0.2) is 42.5 Å². The fourth-order valence-corrected chi connectivity index (χ4v) is 3.01. The third kappa shape index (κ3) is 2.28. The van der Waals surface area contributed by atoms with Crippen molar-refractivity contribution in [3.63, 3.8) is 0 Å². The Labute approximate surface area is 127 Å². The molecule has 5 heteroatoms. The van der Waals surface area contributed by atoms with E-state index in [4.69, 9.17) is 21.9 Å². The standard InChI is InChI=1S/C16H15N3OS/c21-16-10-12(11-5-2-1-3-6-11)17-15-9-13(18-19(15)16)14-7-4-8-20-14/h1-3,5-6,9-10,14,18H,4,7-8H2. The molecule has 21 heavy (non-hydrogen) atoms. The van der Waals surface area contributed by atoms with E-state index in [2.05, 4.69) is 5.10 Å². The molecular weight excluding hydrogens is 282 g/mol. The van der Waals surface area contributed by atoms with Gasteiger partial charge in [-0.1, -0.05) is 42.5 Å². The quantitative estimate of drug-likeness (QED) is 0.729. The van der Waals surface area contributed by atoms with E-state index in [1.54, 1.807) is 0 Å². The molecule has 1 unspecified atom stereocenters.